The monoisotopic (exact) mass is 279 g/mol. The third-order valence-electron chi connectivity index (χ3n) is 2.55. The van der Waals surface area contributed by atoms with Gasteiger partial charge in [-0.1, -0.05) is 12.1 Å². The molecule has 0 spiro atoms. The molecule has 1 aromatic rings. The number of methoxy groups -OCH3 is 1. The lowest BCUT2D eigenvalue weighted by Gasteiger charge is -2.24. The van der Waals surface area contributed by atoms with E-state index >= 15 is 0 Å². The van der Waals surface area contributed by atoms with Crippen molar-refractivity contribution in [1.29, 1.82) is 5.26 Å². The molecule has 1 atom stereocenters. The molecule has 0 saturated carbocycles. The van der Waals surface area contributed by atoms with Gasteiger partial charge in [-0.15, -0.1) is 0 Å². The van der Waals surface area contributed by atoms with Crippen LogP contribution in [0.15, 0.2) is 24.3 Å². The van der Waals surface area contributed by atoms with Gasteiger partial charge in [0.2, 0.25) is 0 Å². The Labute approximate surface area is 106 Å². The fraction of sp³-hybridized carbons (Fsp3) is 0.417. The number of hydrogen-bond acceptors (Lipinski definition) is 2. The highest BCUT2D eigenvalue weighted by Gasteiger charge is 2.58. The molecular weight excluding hydrogens is 269 g/mol. The van der Waals surface area contributed by atoms with Crippen molar-refractivity contribution in [2.45, 2.75) is 24.6 Å². The Kier molecular flexibility index (Phi) is 4.48. The molecular formula is C12H10F5NO. The number of ether oxygens (including phenoxy) is 1. The first-order valence-electron chi connectivity index (χ1n) is 5.18. The van der Waals surface area contributed by atoms with Crippen molar-refractivity contribution in [3.05, 3.63) is 35.4 Å². The fourth-order valence-electron chi connectivity index (χ4n) is 1.46. The number of nitrogens with zero attached hydrogens (tertiary/aromatic N) is 1. The molecule has 2 nitrogen and oxygen atoms in total. The molecule has 0 amide bonds. The van der Waals surface area contributed by atoms with Crippen LogP contribution in [0.1, 0.15) is 23.7 Å². The number of rotatable bonds is 4. The van der Waals surface area contributed by atoms with Gasteiger partial charge in [0.25, 0.3) is 0 Å². The highest BCUT2D eigenvalue weighted by Crippen LogP contribution is 2.42. The summed E-state index contributed by atoms with van der Waals surface area (Å²) in [5.74, 6) is -4.83. The zero-order chi connectivity index (χ0) is 14.7. The molecule has 0 aliphatic rings. The Morgan fingerprint density at radius 3 is 2.05 bits per heavy atom. The van der Waals surface area contributed by atoms with E-state index in [-0.39, 0.29) is 11.1 Å². The minimum absolute atomic E-state index is 0.158. The van der Waals surface area contributed by atoms with Crippen LogP contribution in [0.2, 0.25) is 0 Å². The Morgan fingerprint density at radius 2 is 1.68 bits per heavy atom. The van der Waals surface area contributed by atoms with Gasteiger partial charge in [-0.2, -0.15) is 27.2 Å². The van der Waals surface area contributed by atoms with Gasteiger partial charge in [-0.05, 0) is 17.7 Å². The topological polar surface area (TPSA) is 33.0 Å². The van der Waals surface area contributed by atoms with Crippen LogP contribution in [-0.2, 0) is 4.74 Å². The van der Waals surface area contributed by atoms with E-state index in [9.17, 15) is 22.0 Å². The average Bonchev–Trinajstić information content (AvgIpc) is 2.35. The largest absolute Gasteiger partial charge is 0.453 e. The van der Waals surface area contributed by atoms with E-state index in [4.69, 9.17) is 5.26 Å². The quantitative estimate of drug-likeness (QED) is 0.785. The normalized spacial score (nSPS) is 13.9. The number of benzene rings is 1. The minimum atomic E-state index is -5.61. The minimum Gasteiger partial charge on any atom is -0.377 e. The molecule has 19 heavy (non-hydrogen) atoms. The van der Waals surface area contributed by atoms with Crippen LogP contribution in [0.25, 0.3) is 0 Å². The zero-order valence-electron chi connectivity index (χ0n) is 9.84. The smallest absolute Gasteiger partial charge is 0.377 e. The summed E-state index contributed by atoms with van der Waals surface area (Å²) >= 11 is 0. The van der Waals surface area contributed by atoms with Crippen molar-refractivity contribution < 1.29 is 26.7 Å². The van der Waals surface area contributed by atoms with Crippen LogP contribution in [0.4, 0.5) is 22.0 Å². The third kappa shape index (κ3) is 3.64. The first-order chi connectivity index (χ1) is 8.71. The number of hydrogen-bond donors (Lipinski definition) is 0. The average molecular weight is 279 g/mol. The van der Waals surface area contributed by atoms with Crippen molar-refractivity contribution in [2.75, 3.05) is 7.11 Å². The Hall–Kier alpha value is -1.68. The predicted octanol–water partition coefficient (Wildman–Crippen LogP) is 3.83. The summed E-state index contributed by atoms with van der Waals surface area (Å²) in [4.78, 5) is 0. The van der Waals surface area contributed by atoms with E-state index in [0.717, 1.165) is 7.11 Å². The van der Waals surface area contributed by atoms with Gasteiger partial charge in [0.15, 0.2) is 0 Å². The molecule has 1 aromatic carbocycles. The zero-order valence-corrected chi connectivity index (χ0v) is 9.84. The van der Waals surface area contributed by atoms with Crippen molar-refractivity contribution in [3.8, 4) is 6.07 Å². The molecule has 0 aromatic heterocycles. The third-order valence-corrected chi connectivity index (χ3v) is 2.55. The van der Waals surface area contributed by atoms with Crippen LogP contribution in [-0.4, -0.2) is 19.2 Å². The van der Waals surface area contributed by atoms with Crippen molar-refractivity contribution >= 4 is 0 Å². The Morgan fingerprint density at radius 1 is 1.16 bits per heavy atom. The molecule has 7 heteroatoms. The maximum absolute atomic E-state index is 12.9. The molecule has 0 heterocycles. The molecule has 0 radical (unpaired) electrons. The maximum atomic E-state index is 12.9. The highest BCUT2D eigenvalue weighted by atomic mass is 19.4. The van der Waals surface area contributed by atoms with E-state index in [2.05, 4.69) is 4.74 Å². The predicted molar refractivity (Wildman–Crippen MR) is 56.5 cm³/mol. The van der Waals surface area contributed by atoms with E-state index in [1.165, 1.54) is 24.3 Å². The molecule has 0 N–H and O–H groups in total. The molecule has 104 valence electrons. The van der Waals surface area contributed by atoms with Gasteiger partial charge in [-0.3, -0.25) is 0 Å². The second kappa shape index (κ2) is 5.53. The Balaban J connectivity index is 2.92. The van der Waals surface area contributed by atoms with Crippen molar-refractivity contribution in [1.82, 2.24) is 0 Å². The number of alkyl halides is 5. The summed E-state index contributed by atoms with van der Waals surface area (Å²) < 4.78 is 66.9. The second-order valence-electron chi connectivity index (χ2n) is 3.86. The van der Waals surface area contributed by atoms with Crippen LogP contribution in [0, 0.1) is 11.3 Å². The lowest BCUT2D eigenvalue weighted by molar-refractivity contribution is -0.291. The Bertz CT molecular complexity index is 460. The van der Waals surface area contributed by atoms with Crippen LogP contribution in [0.5, 0.6) is 0 Å². The maximum Gasteiger partial charge on any atom is 0.453 e. The van der Waals surface area contributed by atoms with E-state index in [1.807, 2.05) is 6.07 Å². The summed E-state index contributed by atoms with van der Waals surface area (Å²) in [7, 11) is 1.05. The van der Waals surface area contributed by atoms with E-state index < -0.39 is 24.6 Å². The van der Waals surface area contributed by atoms with Crippen LogP contribution in [0.3, 0.4) is 0 Å². The van der Waals surface area contributed by atoms with E-state index in [1.54, 1.807) is 0 Å². The van der Waals surface area contributed by atoms with E-state index in [0.29, 0.717) is 0 Å². The molecule has 0 saturated heterocycles. The SMILES string of the molecule is COC(CC(F)(F)C(F)(F)F)c1ccc(C#N)cc1. The fourth-order valence-corrected chi connectivity index (χ4v) is 1.46. The lowest BCUT2D eigenvalue weighted by Crippen LogP contribution is -2.38. The molecule has 1 unspecified atom stereocenters. The first kappa shape index (κ1) is 15.4. The van der Waals surface area contributed by atoms with Gasteiger partial charge < -0.3 is 4.74 Å². The number of nitriles is 1. The lowest BCUT2D eigenvalue weighted by atomic mass is 10.0. The summed E-state index contributed by atoms with van der Waals surface area (Å²) in [6.45, 7) is 0. The van der Waals surface area contributed by atoms with Gasteiger partial charge in [-0.25, -0.2) is 0 Å². The molecule has 0 bridgehead atoms. The first-order valence-corrected chi connectivity index (χ1v) is 5.18. The van der Waals surface area contributed by atoms with Gasteiger partial charge >= 0.3 is 12.1 Å². The van der Waals surface area contributed by atoms with Crippen LogP contribution < -0.4 is 0 Å². The van der Waals surface area contributed by atoms with Crippen molar-refractivity contribution in [2.24, 2.45) is 0 Å². The van der Waals surface area contributed by atoms with Gasteiger partial charge in [0, 0.05) is 7.11 Å². The molecule has 1 rings (SSSR count). The molecule has 0 fully saturated rings. The van der Waals surface area contributed by atoms with Crippen molar-refractivity contribution in [3.63, 3.8) is 0 Å². The number of halogens is 5. The standard InChI is InChI=1S/C12H10F5NO/c1-19-10(6-11(13,14)12(15,16)17)9-4-2-8(7-18)3-5-9/h2-5,10H,6H2,1H3. The second-order valence-corrected chi connectivity index (χ2v) is 3.86. The summed E-state index contributed by atoms with van der Waals surface area (Å²) in [5.41, 5.74) is 0.437. The summed E-state index contributed by atoms with van der Waals surface area (Å²) in [5, 5.41) is 8.57. The van der Waals surface area contributed by atoms with Gasteiger partial charge in [0.1, 0.15) is 0 Å². The molecule has 0 aliphatic heterocycles. The molecule has 0 aliphatic carbocycles. The highest BCUT2D eigenvalue weighted by molar-refractivity contribution is 5.32. The van der Waals surface area contributed by atoms with Crippen LogP contribution >= 0.6 is 0 Å². The summed E-state index contributed by atoms with van der Waals surface area (Å²) in [6, 6.07) is 7.05. The van der Waals surface area contributed by atoms with Gasteiger partial charge in [0.05, 0.1) is 24.2 Å². The summed E-state index contributed by atoms with van der Waals surface area (Å²) in [6.07, 6.45) is -8.51.